The summed E-state index contributed by atoms with van der Waals surface area (Å²) < 4.78 is 5.40. The lowest BCUT2D eigenvalue weighted by molar-refractivity contribution is 0.299. The standard InChI is InChI=1S/C23H43NOS.C2H6/c1-19(17-21(3)24)20(2)18-23(22(4)25-5)15-13-11-9-7-6-8-10-12-14-16-26;1-2/h18,21,26H,4,6-17,24H2,1-3,5H3;1-2H3/b20-19+,23-18-;. The van der Waals surface area contributed by atoms with Crippen molar-refractivity contribution < 1.29 is 4.74 Å². The number of ether oxygens (including phenoxy) is 1. The van der Waals surface area contributed by atoms with E-state index in [1.54, 1.807) is 7.11 Å². The van der Waals surface area contributed by atoms with E-state index in [0.717, 1.165) is 24.4 Å². The topological polar surface area (TPSA) is 35.2 Å². The third kappa shape index (κ3) is 17.4. The van der Waals surface area contributed by atoms with E-state index >= 15 is 0 Å². The number of nitrogens with two attached hydrogens (primary N) is 1. The first-order valence-electron chi connectivity index (χ1n) is 11.4. The molecule has 0 radical (unpaired) electrons. The van der Waals surface area contributed by atoms with Gasteiger partial charge >= 0.3 is 0 Å². The first kappa shape index (κ1) is 29.5. The number of unbranched alkanes of at least 4 members (excludes halogenated alkanes) is 8. The summed E-state index contributed by atoms with van der Waals surface area (Å²) in [5.74, 6) is 1.82. The molecule has 3 heteroatoms. The molecule has 0 aliphatic rings. The van der Waals surface area contributed by atoms with Crippen LogP contribution < -0.4 is 5.73 Å². The van der Waals surface area contributed by atoms with Crippen LogP contribution in [-0.4, -0.2) is 18.9 Å². The van der Waals surface area contributed by atoms with E-state index in [0.29, 0.717) is 0 Å². The van der Waals surface area contributed by atoms with Gasteiger partial charge in [-0.05, 0) is 57.8 Å². The second-order valence-electron chi connectivity index (χ2n) is 7.60. The van der Waals surface area contributed by atoms with Crippen LogP contribution in [0.3, 0.4) is 0 Å². The van der Waals surface area contributed by atoms with Crippen molar-refractivity contribution >= 4 is 12.6 Å². The second kappa shape index (κ2) is 21.0. The average Bonchev–Trinajstić information content (AvgIpc) is 2.68. The monoisotopic (exact) mass is 411 g/mol. The minimum Gasteiger partial charge on any atom is -0.497 e. The third-order valence-corrected chi connectivity index (χ3v) is 5.22. The Morgan fingerprint density at radius 2 is 1.43 bits per heavy atom. The molecule has 0 aliphatic carbocycles. The summed E-state index contributed by atoms with van der Waals surface area (Å²) in [5, 5.41) is 0. The molecular weight excluding hydrogens is 362 g/mol. The molecule has 0 fully saturated rings. The predicted molar refractivity (Wildman–Crippen MR) is 132 cm³/mol. The molecule has 0 aromatic rings. The highest BCUT2D eigenvalue weighted by Crippen LogP contribution is 2.22. The zero-order valence-electron chi connectivity index (χ0n) is 19.8. The van der Waals surface area contributed by atoms with Gasteiger partial charge in [0.05, 0.1) is 7.11 Å². The van der Waals surface area contributed by atoms with Gasteiger partial charge in [-0.2, -0.15) is 12.6 Å². The van der Waals surface area contributed by atoms with E-state index in [9.17, 15) is 0 Å². The lowest BCUT2D eigenvalue weighted by Gasteiger charge is -2.13. The van der Waals surface area contributed by atoms with Gasteiger partial charge in [-0.15, -0.1) is 0 Å². The Bertz CT molecular complexity index is 438. The molecule has 0 saturated heterocycles. The van der Waals surface area contributed by atoms with Crippen molar-refractivity contribution in [3.63, 3.8) is 0 Å². The fraction of sp³-hybridized carbons (Fsp3) is 0.760. The van der Waals surface area contributed by atoms with Gasteiger partial charge in [0.15, 0.2) is 0 Å². The Morgan fingerprint density at radius 3 is 1.86 bits per heavy atom. The van der Waals surface area contributed by atoms with Crippen LogP contribution in [0, 0.1) is 0 Å². The van der Waals surface area contributed by atoms with E-state index in [2.05, 4.69) is 46.1 Å². The van der Waals surface area contributed by atoms with E-state index in [4.69, 9.17) is 10.5 Å². The predicted octanol–water partition coefficient (Wildman–Crippen LogP) is 8.00. The molecule has 2 nitrogen and oxygen atoms in total. The molecule has 0 heterocycles. The fourth-order valence-electron chi connectivity index (χ4n) is 3.12. The minimum atomic E-state index is 0.199. The van der Waals surface area contributed by atoms with Crippen LogP contribution in [0.15, 0.2) is 35.1 Å². The third-order valence-electron chi connectivity index (χ3n) is 4.90. The summed E-state index contributed by atoms with van der Waals surface area (Å²) in [4.78, 5) is 0. The van der Waals surface area contributed by atoms with E-state index < -0.39 is 0 Å². The van der Waals surface area contributed by atoms with Crippen LogP contribution in [0.25, 0.3) is 0 Å². The number of hydrogen-bond donors (Lipinski definition) is 2. The van der Waals surface area contributed by atoms with Crippen molar-refractivity contribution in [3.05, 3.63) is 35.1 Å². The zero-order chi connectivity index (χ0) is 21.8. The summed E-state index contributed by atoms with van der Waals surface area (Å²) in [6.07, 6.45) is 16.1. The van der Waals surface area contributed by atoms with Crippen molar-refractivity contribution in [2.75, 3.05) is 12.9 Å². The van der Waals surface area contributed by atoms with Crippen molar-refractivity contribution in [2.45, 2.75) is 111 Å². The number of methoxy groups -OCH3 is 1. The highest BCUT2D eigenvalue weighted by Gasteiger charge is 2.06. The van der Waals surface area contributed by atoms with E-state index in [1.165, 1.54) is 74.5 Å². The summed E-state index contributed by atoms with van der Waals surface area (Å²) in [7, 11) is 1.71. The smallest absolute Gasteiger partial charge is 0.114 e. The SMILES string of the molecule is C=C(OC)/C(=C\C(C)=C(/C)CC(C)N)CCCCCCCCCCCS.CC. The quantitative estimate of drug-likeness (QED) is 0.117. The Labute approximate surface area is 182 Å². The van der Waals surface area contributed by atoms with Gasteiger partial charge in [-0.1, -0.05) is 82.6 Å². The zero-order valence-corrected chi connectivity index (χ0v) is 20.7. The van der Waals surface area contributed by atoms with Gasteiger partial charge in [0.1, 0.15) is 5.76 Å². The van der Waals surface area contributed by atoms with Gasteiger partial charge in [0.2, 0.25) is 0 Å². The van der Waals surface area contributed by atoms with Crippen LogP contribution >= 0.6 is 12.6 Å². The molecule has 0 spiro atoms. The Morgan fingerprint density at radius 1 is 0.964 bits per heavy atom. The Balaban J connectivity index is 0. The molecular formula is C25H49NOS. The van der Waals surface area contributed by atoms with Gasteiger partial charge in [0.25, 0.3) is 0 Å². The normalized spacial score (nSPS) is 13.4. The van der Waals surface area contributed by atoms with Crippen molar-refractivity contribution in [2.24, 2.45) is 5.73 Å². The number of hydrogen-bond acceptors (Lipinski definition) is 3. The average molecular weight is 412 g/mol. The van der Waals surface area contributed by atoms with Crippen molar-refractivity contribution in [1.82, 2.24) is 0 Å². The van der Waals surface area contributed by atoms with Gasteiger partial charge in [-0.25, -0.2) is 0 Å². The van der Waals surface area contributed by atoms with E-state index in [-0.39, 0.29) is 6.04 Å². The highest BCUT2D eigenvalue weighted by atomic mass is 32.1. The maximum absolute atomic E-state index is 5.92. The maximum Gasteiger partial charge on any atom is 0.114 e. The van der Waals surface area contributed by atoms with Crippen LogP contribution in [-0.2, 0) is 4.74 Å². The molecule has 28 heavy (non-hydrogen) atoms. The molecule has 0 amide bonds. The number of rotatable bonds is 16. The lowest BCUT2D eigenvalue weighted by Crippen LogP contribution is -2.15. The molecule has 0 aromatic heterocycles. The fourth-order valence-corrected chi connectivity index (χ4v) is 3.34. The summed E-state index contributed by atoms with van der Waals surface area (Å²) >= 11 is 4.26. The molecule has 1 atom stereocenters. The number of thiol groups is 1. The second-order valence-corrected chi connectivity index (χ2v) is 8.04. The van der Waals surface area contributed by atoms with Gasteiger partial charge in [0, 0.05) is 6.04 Å². The summed E-state index contributed by atoms with van der Waals surface area (Å²) in [6.45, 7) is 14.4. The molecule has 0 bridgehead atoms. The Kier molecular flexibility index (Phi) is 22.2. The highest BCUT2D eigenvalue weighted by molar-refractivity contribution is 7.80. The van der Waals surface area contributed by atoms with Crippen LogP contribution in [0.1, 0.15) is 105 Å². The molecule has 166 valence electrons. The first-order valence-corrected chi connectivity index (χ1v) is 12.0. The summed E-state index contributed by atoms with van der Waals surface area (Å²) in [5.41, 5.74) is 9.78. The molecule has 0 aliphatic heterocycles. The van der Waals surface area contributed by atoms with Gasteiger partial charge < -0.3 is 10.5 Å². The van der Waals surface area contributed by atoms with Crippen LogP contribution in [0.2, 0.25) is 0 Å². The molecule has 2 N–H and O–H groups in total. The molecule has 0 rings (SSSR count). The lowest BCUT2D eigenvalue weighted by atomic mass is 9.98. The molecule has 1 unspecified atom stereocenters. The molecule has 0 saturated carbocycles. The van der Waals surface area contributed by atoms with Crippen LogP contribution in [0.5, 0.6) is 0 Å². The van der Waals surface area contributed by atoms with Crippen LogP contribution in [0.4, 0.5) is 0 Å². The first-order chi connectivity index (χ1) is 13.4. The van der Waals surface area contributed by atoms with Gasteiger partial charge in [-0.3, -0.25) is 0 Å². The molecule has 0 aromatic carbocycles. The maximum atomic E-state index is 5.92. The van der Waals surface area contributed by atoms with Crippen molar-refractivity contribution in [3.8, 4) is 0 Å². The largest absolute Gasteiger partial charge is 0.497 e. The summed E-state index contributed by atoms with van der Waals surface area (Å²) in [6, 6.07) is 0.199. The number of allylic oxidation sites excluding steroid dienone is 3. The van der Waals surface area contributed by atoms with Crippen molar-refractivity contribution in [1.29, 1.82) is 0 Å². The Hall–Kier alpha value is -0.670. The minimum absolute atomic E-state index is 0.199. The van der Waals surface area contributed by atoms with E-state index in [1.807, 2.05) is 13.8 Å².